The number of furan rings is 1. The molecule has 0 unspecified atom stereocenters. The van der Waals surface area contributed by atoms with Gasteiger partial charge in [0.1, 0.15) is 16.5 Å². The molecule has 0 fully saturated rings. The van der Waals surface area contributed by atoms with E-state index in [1.165, 1.54) is 23.8 Å². The van der Waals surface area contributed by atoms with E-state index in [2.05, 4.69) is 20.6 Å². The summed E-state index contributed by atoms with van der Waals surface area (Å²) in [4.78, 5) is 38.4. The fourth-order valence-corrected chi connectivity index (χ4v) is 4.55. The molecule has 0 aliphatic heterocycles. The van der Waals surface area contributed by atoms with Crippen molar-refractivity contribution >= 4 is 57.2 Å². The number of nitrogens with zero attached hydrogens (tertiary/aromatic N) is 4. The lowest BCUT2D eigenvalue weighted by Crippen LogP contribution is -2.37. The minimum absolute atomic E-state index is 0.141. The lowest BCUT2D eigenvalue weighted by molar-refractivity contribution is 0.0736. The van der Waals surface area contributed by atoms with E-state index in [0.717, 1.165) is 11.4 Å². The summed E-state index contributed by atoms with van der Waals surface area (Å²) in [7, 11) is 1.92. The van der Waals surface area contributed by atoms with Crippen LogP contribution in [-0.4, -0.2) is 53.4 Å². The van der Waals surface area contributed by atoms with Crippen LogP contribution in [0.1, 0.15) is 32.7 Å². The molecule has 9 nitrogen and oxygen atoms in total. The number of hydrogen-bond acceptors (Lipinski definition) is 8. The number of aromatic nitrogens is 2. The van der Waals surface area contributed by atoms with E-state index < -0.39 is 0 Å². The van der Waals surface area contributed by atoms with Gasteiger partial charge >= 0.3 is 0 Å². The zero-order valence-electron chi connectivity index (χ0n) is 20.7. The Balaban J connectivity index is 1.36. The number of pyridine rings is 1. The topological polar surface area (TPSA) is 104 Å². The number of anilines is 4. The molecule has 0 spiro atoms. The van der Waals surface area contributed by atoms with Gasteiger partial charge in [0.05, 0.1) is 23.2 Å². The van der Waals surface area contributed by atoms with Gasteiger partial charge in [-0.3, -0.25) is 9.59 Å². The Morgan fingerprint density at radius 2 is 1.92 bits per heavy atom. The lowest BCUT2D eigenvalue weighted by Gasteiger charge is -2.24. The van der Waals surface area contributed by atoms with Crippen LogP contribution in [0.5, 0.6) is 0 Å². The molecular formula is C26H27ClN6O3S. The van der Waals surface area contributed by atoms with Crippen molar-refractivity contribution < 1.29 is 14.0 Å². The second kappa shape index (κ2) is 11.9. The van der Waals surface area contributed by atoms with Crippen molar-refractivity contribution in [2.75, 3.05) is 42.2 Å². The zero-order valence-corrected chi connectivity index (χ0v) is 22.3. The molecule has 0 saturated heterocycles. The van der Waals surface area contributed by atoms with Crippen LogP contribution < -0.4 is 15.5 Å². The van der Waals surface area contributed by atoms with Crippen LogP contribution in [0.2, 0.25) is 5.02 Å². The van der Waals surface area contributed by atoms with Crippen LogP contribution in [0.3, 0.4) is 0 Å². The quantitative estimate of drug-likeness (QED) is 0.267. The fraction of sp³-hybridized carbons (Fsp3) is 0.231. The summed E-state index contributed by atoms with van der Waals surface area (Å²) in [6.45, 7) is 5.48. The van der Waals surface area contributed by atoms with Crippen molar-refractivity contribution in [3.05, 3.63) is 82.2 Å². The molecule has 2 N–H and O–H groups in total. The summed E-state index contributed by atoms with van der Waals surface area (Å²) in [5.41, 5.74) is 1.46. The van der Waals surface area contributed by atoms with Crippen molar-refractivity contribution in [2.24, 2.45) is 0 Å². The average molecular weight is 539 g/mol. The number of halogens is 1. The van der Waals surface area contributed by atoms with E-state index in [-0.39, 0.29) is 11.8 Å². The smallest absolute Gasteiger partial charge is 0.289 e. The molecule has 0 bridgehead atoms. The second-order valence-electron chi connectivity index (χ2n) is 8.21. The minimum atomic E-state index is -0.284. The predicted molar refractivity (Wildman–Crippen MR) is 147 cm³/mol. The molecule has 192 valence electrons. The van der Waals surface area contributed by atoms with Crippen molar-refractivity contribution in [1.82, 2.24) is 14.9 Å². The molecule has 3 heterocycles. The van der Waals surface area contributed by atoms with Gasteiger partial charge in [-0.05, 0) is 49.7 Å². The monoisotopic (exact) mass is 538 g/mol. The van der Waals surface area contributed by atoms with Gasteiger partial charge in [-0.25, -0.2) is 9.97 Å². The van der Waals surface area contributed by atoms with E-state index in [1.54, 1.807) is 23.1 Å². The third-order valence-corrected chi connectivity index (χ3v) is 6.88. The third-order valence-electron chi connectivity index (χ3n) is 5.66. The number of benzene rings is 1. The SMILES string of the molecule is CCN(CCN(C)c1cccc(Nc2ncc(C(=O)Nc3c(C)cccc3Cl)s2)n1)C(=O)c1ccco1. The molecule has 37 heavy (non-hydrogen) atoms. The first-order valence-corrected chi connectivity index (χ1v) is 12.9. The first kappa shape index (κ1) is 26.2. The number of nitrogens with one attached hydrogen (secondary N) is 2. The Labute approximate surface area is 224 Å². The Bertz CT molecular complexity index is 1350. The Hall–Kier alpha value is -3.89. The van der Waals surface area contributed by atoms with Gasteiger partial charge in [0.2, 0.25) is 0 Å². The molecule has 0 saturated carbocycles. The first-order valence-electron chi connectivity index (χ1n) is 11.7. The summed E-state index contributed by atoms with van der Waals surface area (Å²) >= 11 is 7.44. The second-order valence-corrected chi connectivity index (χ2v) is 9.64. The molecule has 11 heteroatoms. The Morgan fingerprint density at radius 3 is 2.65 bits per heavy atom. The molecule has 0 atom stereocenters. The van der Waals surface area contributed by atoms with E-state index in [9.17, 15) is 9.59 Å². The maximum absolute atomic E-state index is 12.7. The zero-order chi connectivity index (χ0) is 26.4. The molecule has 0 aliphatic carbocycles. The van der Waals surface area contributed by atoms with E-state index in [4.69, 9.17) is 16.0 Å². The van der Waals surface area contributed by atoms with E-state index in [0.29, 0.717) is 51.9 Å². The van der Waals surface area contributed by atoms with E-state index in [1.807, 2.05) is 56.1 Å². The Morgan fingerprint density at radius 1 is 1.11 bits per heavy atom. The number of para-hydroxylation sites is 1. The highest BCUT2D eigenvalue weighted by atomic mass is 35.5. The molecule has 4 rings (SSSR count). The summed E-state index contributed by atoms with van der Waals surface area (Å²) in [6, 6.07) is 14.4. The predicted octanol–water partition coefficient (Wildman–Crippen LogP) is 5.69. The molecule has 3 aromatic heterocycles. The number of likely N-dealkylation sites (N-methyl/N-ethyl adjacent to an activating group) is 2. The highest BCUT2D eigenvalue weighted by Gasteiger charge is 2.18. The van der Waals surface area contributed by atoms with Gasteiger partial charge in [-0.2, -0.15) is 0 Å². The first-order chi connectivity index (χ1) is 17.9. The maximum Gasteiger partial charge on any atom is 0.289 e. The number of hydrogen-bond donors (Lipinski definition) is 2. The third kappa shape index (κ3) is 6.46. The van der Waals surface area contributed by atoms with Crippen LogP contribution in [0, 0.1) is 6.92 Å². The van der Waals surface area contributed by atoms with Crippen LogP contribution in [-0.2, 0) is 0 Å². The number of thiazole rings is 1. The standard InChI is InChI=1S/C26H27ClN6O3S/c1-4-33(25(35)19-10-7-15-36-19)14-13-32(3)22-12-6-11-21(29-22)30-26-28-16-20(37-26)24(34)31-23-17(2)8-5-9-18(23)27/h5-12,15-16H,4,13-14H2,1-3H3,(H,31,34)(H,28,29,30). The molecule has 4 aromatic rings. The maximum atomic E-state index is 12.7. The highest BCUT2D eigenvalue weighted by Crippen LogP contribution is 2.28. The molecule has 0 aliphatic rings. The molecular weight excluding hydrogens is 512 g/mol. The molecule has 1 aromatic carbocycles. The summed E-state index contributed by atoms with van der Waals surface area (Å²) in [5.74, 6) is 1.22. The van der Waals surface area contributed by atoms with Crippen molar-refractivity contribution in [1.29, 1.82) is 0 Å². The van der Waals surface area contributed by atoms with Gasteiger partial charge in [0, 0.05) is 26.7 Å². The van der Waals surface area contributed by atoms with Crippen LogP contribution in [0.4, 0.5) is 22.5 Å². The Kier molecular flexibility index (Phi) is 8.42. The van der Waals surface area contributed by atoms with Crippen molar-refractivity contribution in [2.45, 2.75) is 13.8 Å². The average Bonchev–Trinajstić information content (AvgIpc) is 3.59. The minimum Gasteiger partial charge on any atom is -0.459 e. The number of rotatable bonds is 10. The fourth-order valence-electron chi connectivity index (χ4n) is 3.56. The number of amides is 2. The highest BCUT2D eigenvalue weighted by molar-refractivity contribution is 7.17. The van der Waals surface area contributed by atoms with Gasteiger partial charge in [-0.15, -0.1) is 0 Å². The van der Waals surface area contributed by atoms with E-state index >= 15 is 0 Å². The normalized spacial score (nSPS) is 10.7. The summed E-state index contributed by atoms with van der Waals surface area (Å²) < 4.78 is 5.24. The molecule has 2 amide bonds. The van der Waals surface area contributed by atoms with Gasteiger partial charge in [-0.1, -0.05) is 41.1 Å². The summed E-state index contributed by atoms with van der Waals surface area (Å²) in [5, 5.41) is 7.03. The largest absolute Gasteiger partial charge is 0.459 e. The number of aryl methyl sites for hydroxylation is 1. The van der Waals surface area contributed by atoms with Crippen LogP contribution in [0.15, 0.2) is 65.4 Å². The number of carbonyl (C=O) groups is 2. The summed E-state index contributed by atoms with van der Waals surface area (Å²) in [6.07, 6.45) is 3.01. The van der Waals surface area contributed by atoms with Gasteiger partial charge in [0.25, 0.3) is 11.8 Å². The lowest BCUT2D eigenvalue weighted by atomic mass is 10.2. The van der Waals surface area contributed by atoms with Gasteiger partial charge in [0.15, 0.2) is 10.9 Å². The van der Waals surface area contributed by atoms with Crippen molar-refractivity contribution in [3.8, 4) is 0 Å². The number of carbonyl (C=O) groups excluding carboxylic acids is 2. The van der Waals surface area contributed by atoms with Crippen LogP contribution in [0.25, 0.3) is 0 Å². The van der Waals surface area contributed by atoms with Crippen LogP contribution >= 0.6 is 22.9 Å². The molecule has 0 radical (unpaired) electrons. The van der Waals surface area contributed by atoms with Gasteiger partial charge < -0.3 is 24.9 Å². The van der Waals surface area contributed by atoms with Crippen molar-refractivity contribution in [3.63, 3.8) is 0 Å².